The molecule has 0 unspecified atom stereocenters. The molecule has 0 saturated carbocycles. The molecule has 3 aromatic rings. The van der Waals surface area contributed by atoms with Gasteiger partial charge in [0.25, 0.3) is 0 Å². The third kappa shape index (κ3) is 4.87. The highest BCUT2D eigenvalue weighted by molar-refractivity contribution is 14.1. The zero-order valence-corrected chi connectivity index (χ0v) is 18.9. The number of hydrogen-bond donors (Lipinski definition) is 2. The maximum atomic E-state index is 14.3. The summed E-state index contributed by atoms with van der Waals surface area (Å²) in [4.78, 5) is 27.1. The summed E-state index contributed by atoms with van der Waals surface area (Å²) < 4.78 is 16.1. The van der Waals surface area contributed by atoms with Gasteiger partial charge < -0.3 is 5.32 Å². The maximum absolute atomic E-state index is 14.3. The number of nitrogens with one attached hydrogen (secondary N) is 2. The summed E-state index contributed by atoms with van der Waals surface area (Å²) in [6.07, 6.45) is 0. The van der Waals surface area contributed by atoms with Crippen LogP contribution in [0.5, 0.6) is 0 Å². The van der Waals surface area contributed by atoms with E-state index in [9.17, 15) is 14.0 Å². The molecule has 3 rings (SSSR count). The van der Waals surface area contributed by atoms with Gasteiger partial charge in [-0.3, -0.25) is 9.78 Å². The molecule has 0 saturated heterocycles. The Hall–Kier alpha value is -2.20. The second-order valence-corrected chi connectivity index (χ2v) is 9.19. The lowest BCUT2D eigenvalue weighted by molar-refractivity contribution is -0.128. The molecule has 9 heteroatoms. The van der Waals surface area contributed by atoms with E-state index in [0.29, 0.717) is 10.7 Å². The molecule has 1 amide bonds. The van der Waals surface area contributed by atoms with Gasteiger partial charge in [-0.15, -0.1) is 5.10 Å². The average molecular weight is 529 g/mol. The number of aromatic nitrogens is 3. The van der Waals surface area contributed by atoms with E-state index in [4.69, 9.17) is 11.6 Å². The Kier molecular flexibility index (Phi) is 6.13. The molecule has 6 nitrogen and oxygen atoms in total. The van der Waals surface area contributed by atoms with Gasteiger partial charge in [-0.05, 0) is 58.5 Å². The zero-order chi connectivity index (χ0) is 21.3. The van der Waals surface area contributed by atoms with Gasteiger partial charge in [0.15, 0.2) is 5.82 Å². The summed E-state index contributed by atoms with van der Waals surface area (Å²) in [7, 11) is 0. The first kappa shape index (κ1) is 21.5. The Morgan fingerprint density at radius 2 is 2.00 bits per heavy atom. The lowest BCUT2D eigenvalue weighted by Crippen LogP contribution is -2.34. The number of carbonyl (C=O) groups excluding carboxylic acids is 1. The molecule has 0 aliphatic rings. The average Bonchev–Trinajstić information content (AvgIpc) is 3.01. The molecule has 0 radical (unpaired) electrons. The Morgan fingerprint density at radius 3 is 2.66 bits per heavy atom. The number of rotatable bonds is 4. The molecule has 0 aliphatic heterocycles. The van der Waals surface area contributed by atoms with Crippen LogP contribution in [0.4, 0.5) is 4.39 Å². The van der Waals surface area contributed by atoms with Crippen LogP contribution in [0.1, 0.15) is 26.3 Å². The monoisotopic (exact) mass is 528 g/mol. The van der Waals surface area contributed by atoms with Crippen LogP contribution in [0.15, 0.2) is 41.2 Å². The number of amides is 1. The van der Waals surface area contributed by atoms with Gasteiger partial charge in [0.1, 0.15) is 5.82 Å². The molecular formula is C20H19ClFIN4O2. The van der Waals surface area contributed by atoms with E-state index in [0.717, 1.165) is 13.8 Å². The van der Waals surface area contributed by atoms with Gasteiger partial charge in [-0.1, -0.05) is 38.4 Å². The van der Waals surface area contributed by atoms with E-state index in [1.165, 1.54) is 6.07 Å². The molecular weight excluding hydrogens is 510 g/mol. The first-order valence-corrected chi connectivity index (χ1v) is 10.2. The van der Waals surface area contributed by atoms with Crippen molar-refractivity contribution in [2.75, 3.05) is 0 Å². The summed E-state index contributed by atoms with van der Waals surface area (Å²) in [5.41, 5.74) is 0.217. The Bertz CT molecular complexity index is 1130. The van der Waals surface area contributed by atoms with Crippen molar-refractivity contribution in [1.29, 1.82) is 0 Å². The van der Waals surface area contributed by atoms with Gasteiger partial charge >= 0.3 is 5.69 Å². The van der Waals surface area contributed by atoms with Gasteiger partial charge in [0, 0.05) is 15.5 Å². The van der Waals surface area contributed by atoms with Crippen LogP contribution in [0.2, 0.25) is 5.02 Å². The van der Waals surface area contributed by atoms with Crippen molar-refractivity contribution in [1.82, 2.24) is 20.1 Å². The van der Waals surface area contributed by atoms with Crippen molar-refractivity contribution in [3.63, 3.8) is 0 Å². The standard InChI is InChI=1S/C20H19ClFIN4O2/c1-20(2,3)18(28)24-10-11-4-7-14(21)16(8-11)27-19(29)25-17(26-27)13-6-5-12(23)9-15(13)22/h4-9H,10H2,1-3H3,(H,24,28)(H,25,26,29). The molecule has 0 aliphatic carbocycles. The summed E-state index contributed by atoms with van der Waals surface area (Å²) in [6.45, 7) is 5.75. The fraction of sp³-hybridized carbons (Fsp3) is 0.250. The van der Waals surface area contributed by atoms with E-state index < -0.39 is 16.9 Å². The largest absolute Gasteiger partial charge is 0.352 e. The highest BCUT2D eigenvalue weighted by atomic mass is 127. The van der Waals surface area contributed by atoms with Crippen LogP contribution in [-0.2, 0) is 11.3 Å². The first-order valence-electron chi connectivity index (χ1n) is 8.78. The number of carbonyl (C=O) groups is 1. The summed E-state index contributed by atoms with van der Waals surface area (Å²) in [5.74, 6) is -0.476. The Labute approximate surface area is 185 Å². The van der Waals surface area contributed by atoms with E-state index in [1.54, 1.807) is 30.3 Å². The topological polar surface area (TPSA) is 79.8 Å². The number of nitrogens with zero attached hydrogens (tertiary/aromatic N) is 2. The van der Waals surface area contributed by atoms with Crippen LogP contribution in [-0.4, -0.2) is 20.7 Å². The fourth-order valence-electron chi connectivity index (χ4n) is 2.57. The summed E-state index contributed by atoms with van der Waals surface area (Å²) in [6, 6.07) is 9.69. The maximum Gasteiger partial charge on any atom is 0.348 e. The van der Waals surface area contributed by atoms with Crippen molar-refractivity contribution < 1.29 is 9.18 Å². The molecule has 0 spiro atoms. The van der Waals surface area contributed by atoms with Crippen LogP contribution in [0.25, 0.3) is 17.1 Å². The van der Waals surface area contributed by atoms with Gasteiger partial charge in [0.05, 0.1) is 16.3 Å². The van der Waals surface area contributed by atoms with Crippen molar-refractivity contribution >= 4 is 40.1 Å². The lowest BCUT2D eigenvalue weighted by atomic mass is 9.95. The van der Waals surface area contributed by atoms with Crippen molar-refractivity contribution in [3.05, 3.63) is 66.9 Å². The third-order valence-corrected chi connectivity index (χ3v) is 5.17. The van der Waals surface area contributed by atoms with E-state index in [-0.39, 0.29) is 23.8 Å². The Morgan fingerprint density at radius 1 is 1.28 bits per heavy atom. The van der Waals surface area contributed by atoms with E-state index >= 15 is 0 Å². The van der Waals surface area contributed by atoms with Crippen LogP contribution < -0.4 is 11.0 Å². The van der Waals surface area contributed by atoms with Gasteiger partial charge in [0.2, 0.25) is 5.91 Å². The number of aromatic amines is 1. The minimum Gasteiger partial charge on any atom is -0.352 e. The van der Waals surface area contributed by atoms with Crippen LogP contribution in [0.3, 0.4) is 0 Å². The number of benzene rings is 2. The molecule has 2 N–H and O–H groups in total. The molecule has 0 fully saturated rings. The number of halogens is 3. The predicted molar refractivity (Wildman–Crippen MR) is 119 cm³/mol. The quantitative estimate of drug-likeness (QED) is 0.496. The number of hydrogen-bond acceptors (Lipinski definition) is 3. The molecule has 1 aromatic heterocycles. The second kappa shape index (κ2) is 8.27. The molecule has 29 heavy (non-hydrogen) atoms. The smallest absolute Gasteiger partial charge is 0.348 e. The van der Waals surface area contributed by atoms with Gasteiger partial charge in [-0.2, -0.15) is 4.68 Å². The highest BCUT2D eigenvalue weighted by Crippen LogP contribution is 2.24. The first-order chi connectivity index (χ1) is 13.6. The summed E-state index contributed by atoms with van der Waals surface area (Å²) in [5, 5.41) is 7.36. The molecule has 0 bridgehead atoms. The van der Waals surface area contributed by atoms with Crippen molar-refractivity contribution in [2.24, 2.45) is 5.41 Å². The van der Waals surface area contributed by atoms with E-state index in [1.807, 2.05) is 43.4 Å². The predicted octanol–water partition coefficient (Wildman–Crippen LogP) is 4.29. The highest BCUT2D eigenvalue weighted by Gasteiger charge is 2.21. The number of H-pyrrole nitrogens is 1. The van der Waals surface area contributed by atoms with Crippen molar-refractivity contribution in [2.45, 2.75) is 27.3 Å². The summed E-state index contributed by atoms with van der Waals surface area (Å²) >= 11 is 8.27. The normalized spacial score (nSPS) is 11.5. The molecule has 2 aromatic carbocycles. The van der Waals surface area contributed by atoms with Crippen molar-refractivity contribution in [3.8, 4) is 17.1 Å². The molecule has 1 heterocycles. The SMILES string of the molecule is CC(C)(C)C(=O)NCc1ccc(Cl)c(-n2nc(-c3ccc(I)cc3F)[nH]c2=O)c1. The van der Waals surface area contributed by atoms with Crippen LogP contribution >= 0.6 is 34.2 Å². The minimum atomic E-state index is -0.546. The van der Waals surface area contributed by atoms with Crippen LogP contribution in [0, 0.1) is 14.8 Å². The fourth-order valence-corrected chi connectivity index (χ4v) is 3.22. The van der Waals surface area contributed by atoms with E-state index in [2.05, 4.69) is 15.4 Å². The second-order valence-electron chi connectivity index (χ2n) is 7.53. The van der Waals surface area contributed by atoms with Gasteiger partial charge in [-0.25, -0.2) is 9.18 Å². The lowest BCUT2D eigenvalue weighted by Gasteiger charge is -2.17. The zero-order valence-electron chi connectivity index (χ0n) is 16.0. The third-order valence-electron chi connectivity index (χ3n) is 4.18. The minimum absolute atomic E-state index is 0.0950. The molecule has 152 valence electrons. The Balaban J connectivity index is 1.94. The molecule has 0 atom stereocenters.